The van der Waals surface area contributed by atoms with Gasteiger partial charge >= 0.3 is 0 Å². The molecule has 0 atom stereocenters. The smallest absolute Gasteiger partial charge is 0.208 e. The maximum atomic E-state index is 8.57. The molecule has 0 heterocycles. The Hall–Kier alpha value is -1.13. The number of alkyl halides is 3. The molecule has 2 aromatic rings. The van der Waals surface area contributed by atoms with Crippen molar-refractivity contribution in [1.82, 2.24) is 0 Å². The molecule has 0 amide bonds. The number of hydrogen-bond donors (Lipinski definition) is 0. The molecule has 0 bridgehead atoms. The van der Waals surface area contributed by atoms with Crippen LogP contribution in [0.4, 0.5) is 0 Å². The van der Waals surface area contributed by atoms with Crippen LogP contribution >= 0.6 is 46.4 Å². The highest BCUT2D eigenvalue weighted by atomic mass is 35.6. The molecule has 0 saturated carbocycles. The van der Waals surface area contributed by atoms with Crippen LogP contribution in [0.2, 0.25) is 0 Å². The molecule has 3 nitrogen and oxygen atoms in total. The van der Waals surface area contributed by atoms with Crippen molar-refractivity contribution in [3.63, 3.8) is 0 Å². The van der Waals surface area contributed by atoms with Crippen LogP contribution in [0.1, 0.15) is 17.0 Å². The minimum atomic E-state index is -1.46. The van der Waals surface area contributed by atoms with Gasteiger partial charge in [0, 0.05) is 0 Å². The van der Waals surface area contributed by atoms with Gasteiger partial charge in [-0.25, -0.2) is 0 Å². The van der Waals surface area contributed by atoms with E-state index >= 15 is 0 Å². The molecule has 0 aliphatic rings. The van der Waals surface area contributed by atoms with Gasteiger partial charge in [0.05, 0.1) is 20.1 Å². The highest BCUT2D eigenvalue weighted by Gasteiger charge is 2.35. The van der Waals surface area contributed by atoms with Crippen molar-refractivity contribution in [2.75, 3.05) is 14.2 Å². The van der Waals surface area contributed by atoms with Gasteiger partial charge in [0.2, 0.25) is 9.54 Å². The first-order valence-electron chi connectivity index (χ1n) is 6.75. The summed E-state index contributed by atoms with van der Waals surface area (Å²) in [6, 6.07) is 15.0. The summed E-state index contributed by atoms with van der Waals surface area (Å²) in [6.45, 7) is 0. The Bertz CT molecular complexity index is 574. The monoisotopic (exact) mass is 408 g/mol. The average Bonchev–Trinajstić information content (AvgIpc) is 2.56. The minimum absolute atomic E-state index is 0.222. The zero-order valence-electron chi connectivity index (χ0n) is 13.0. The molecule has 0 aliphatic carbocycles. The fourth-order valence-electron chi connectivity index (χ4n) is 2.16. The van der Waals surface area contributed by atoms with Crippen molar-refractivity contribution in [2.45, 2.75) is 9.71 Å². The third-order valence-electron chi connectivity index (χ3n) is 3.23. The molecule has 0 unspecified atom stereocenters. The van der Waals surface area contributed by atoms with Crippen LogP contribution in [-0.2, 0) is 4.79 Å². The molecule has 130 valence electrons. The molecular formula is C17H16Cl4O3. The average molecular weight is 410 g/mol. The van der Waals surface area contributed by atoms with Crippen molar-refractivity contribution >= 4 is 52.1 Å². The van der Waals surface area contributed by atoms with E-state index in [4.69, 9.17) is 49.1 Å². The summed E-state index contributed by atoms with van der Waals surface area (Å²) in [5, 5.41) is 0. The summed E-state index contributed by atoms with van der Waals surface area (Å²) in [6.07, 6.45) is 0. The third kappa shape index (κ3) is 6.06. The van der Waals surface area contributed by atoms with Gasteiger partial charge in [0.1, 0.15) is 11.5 Å². The topological polar surface area (TPSA) is 35.5 Å². The van der Waals surface area contributed by atoms with Gasteiger partial charge in [-0.05, 0) is 47.0 Å². The van der Waals surface area contributed by atoms with Crippen molar-refractivity contribution in [3.05, 3.63) is 59.7 Å². The Labute approximate surface area is 161 Å². The lowest BCUT2D eigenvalue weighted by Gasteiger charge is -2.25. The van der Waals surface area contributed by atoms with Gasteiger partial charge in [-0.3, -0.25) is 4.79 Å². The second kappa shape index (κ2) is 10.00. The third-order valence-corrected chi connectivity index (χ3v) is 3.88. The molecule has 7 heteroatoms. The molecular weight excluding hydrogens is 394 g/mol. The van der Waals surface area contributed by atoms with E-state index in [1.54, 1.807) is 14.2 Å². The van der Waals surface area contributed by atoms with E-state index in [0.717, 1.165) is 22.6 Å². The predicted molar refractivity (Wildman–Crippen MR) is 101 cm³/mol. The predicted octanol–water partition coefficient (Wildman–Crippen LogP) is 5.62. The van der Waals surface area contributed by atoms with Crippen LogP contribution < -0.4 is 9.47 Å². The zero-order chi connectivity index (χ0) is 18.2. The van der Waals surface area contributed by atoms with Gasteiger partial charge in [0.25, 0.3) is 0 Å². The molecule has 0 N–H and O–H groups in total. The fraction of sp³-hybridized carbons (Fsp3) is 0.235. The molecule has 0 spiro atoms. The second-order valence-electron chi connectivity index (χ2n) is 4.61. The summed E-state index contributed by atoms with van der Waals surface area (Å²) >= 11 is 22.9. The van der Waals surface area contributed by atoms with Crippen molar-refractivity contribution in [1.29, 1.82) is 0 Å². The maximum absolute atomic E-state index is 8.57. The Kier molecular flexibility index (Phi) is 8.71. The number of methoxy groups -OCH3 is 2. The highest BCUT2D eigenvalue weighted by molar-refractivity contribution is 6.68. The van der Waals surface area contributed by atoms with Gasteiger partial charge in [-0.1, -0.05) is 59.1 Å². The summed E-state index contributed by atoms with van der Waals surface area (Å²) < 4.78 is 8.85. The van der Waals surface area contributed by atoms with E-state index in [1.165, 1.54) is 0 Å². The van der Waals surface area contributed by atoms with Crippen LogP contribution in [0.25, 0.3) is 0 Å². The molecule has 0 fully saturated rings. The number of rotatable bonds is 4. The van der Waals surface area contributed by atoms with E-state index in [9.17, 15) is 0 Å². The number of halogens is 4. The van der Waals surface area contributed by atoms with Crippen LogP contribution in [0.3, 0.4) is 0 Å². The quantitative estimate of drug-likeness (QED) is 0.373. The van der Waals surface area contributed by atoms with Gasteiger partial charge < -0.3 is 9.47 Å². The van der Waals surface area contributed by atoms with E-state index in [1.807, 2.05) is 48.5 Å². The van der Waals surface area contributed by atoms with Crippen molar-refractivity contribution in [3.8, 4) is 11.5 Å². The number of hydrogen-bond acceptors (Lipinski definition) is 3. The molecule has 0 radical (unpaired) electrons. The largest absolute Gasteiger partial charge is 0.497 e. The molecule has 0 saturated heterocycles. The lowest BCUT2D eigenvalue weighted by atomic mass is 9.92. The lowest BCUT2D eigenvalue weighted by molar-refractivity contribution is 0.414. The Morgan fingerprint density at radius 2 is 1.12 bits per heavy atom. The van der Waals surface area contributed by atoms with Gasteiger partial charge in [-0.15, -0.1) is 0 Å². The molecule has 0 aromatic heterocycles. The minimum Gasteiger partial charge on any atom is -0.497 e. The highest BCUT2D eigenvalue weighted by Crippen LogP contribution is 2.46. The van der Waals surface area contributed by atoms with E-state index < -0.39 is 3.79 Å². The first kappa shape index (κ1) is 20.9. The maximum Gasteiger partial charge on any atom is 0.208 e. The Morgan fingerprint density at radius 3 is 1.33 bits per heavy atom. The van der Waals surface area contributed by atoms with Crippen molar-refractivity contribution in [2.24, 2.45) is 0 Å². The SMILES string of the molecule is COc1ccc(C(c2ccc(OC)cc2)C(Cl)(Cl)Cl)cc1.O=CCl. The first-order chi connectivity index (χ1) is 11.4. The second-order valence-corrected chi connectivity index (χ2v) is 7.16. The van der Waals surface area contributed by atoms with Crippen LogP contribution in [0.15, 0.2) is 48.5 Å². The fourth-order valence-corrected chi connectivity index (χ4v) is 2.92. The summed E-state index contributed by atoms with van der Waals surface area (Å²) in [4.78, 5) is 8.57. The van der Waals surface area contributed by atoms with Crippen molar-refractivity contribution < 1.29 is 14.3 Å². The molecule has 0 aliphatic heterocycles. The van der Waals surface area contributed by atoms with Gasteiger partial charge in [-0.2, -0.15) is 0 Å². The lowest BCUT2D eigenvalue weighted by Crippen LogP contribution is -2.18. The van der Waals surface area contributed by atoms with Gasteiger partial charge in [0.15, 0.2) is 0 Å². The Morgan fingerprint density at radius 1 is 0.833 bits per heavy atom. The molecule has 24 heavy (non-hydrogen) atoms. The van der Waals surface area contributed by atoms with Crippen LogP contribution in [-0.4, -0.2) is 23.8 Å². The number of ether oxygens (including phenoxy) is 2. The van der Waals surface area contributed by atoms with E-state index in [0.29, 0.717) is 0 Å². The zero-order valence-corrected chi connectivity index (χ0v) is 16.0. The van der Waals surface area contributed by atoms with Crippen LogP contribution in [0, 0.1) is 0 Å². The number of carbonyl (C=O) groups is 1. The van der Waals surface area contributed by atoms with E-state index in [-0.39, 0.29) is 11.7 Å². The summed E-state index contributed by atoms with van der Waals surface area (Å²) in [7, 11) is 3.23. The summed E-state index contributed by atoms with van der Waals surface area (Å²) in [5.41, 5.74) is 1.81. The first-order valence-corrected chi connectivity index (χ1v) is 8.32. The van der Waals surface area contributed by atoms with E-state index in [2.05, 4.69) is 11.6 Å². The molecule has 2 rings (SSSR count). The number of benzene rings is 2. The summed E-state index contributed by atoms with van der Waals surface area (Å²) in [5.74, 6) is 1.37. The van der Waals surface area contributed by atoms with Crippen LogP contribution in [0.5, 0.6) is 11.5 Å². The standard InChI is InChI=1S/C16H15Cl3O2.CHClO/c1-20-13-7-3-11(4-8-13)15(16(17,18)19)12-5-9-14(21-2)10-6-12;2-1-3/h3-10,15H,1-2H3;1H. The number of carbonyl (C=O) groups excluding carboxylic acids is 1. The normalized spacial score (nSPS) is 10.6. The molecule has 2 aromatic carbocycles. The Balaban J connectivity index is 0.000000891.